The van der Waals surface area contributed by atoms with Crippen molar-refractivity contribution in [1.29, 1.82) is 0 Å². The van der Waals surface area contributed by atoms with Gasteiger partial charge in [-0.1, -0.05) is 13.8 Å². The Balaban J connectivity index is 1.80. The topological polar surface area (TPSA) is 110 Å². The highest BCUT2D eigenvalue weighted by atomic mass is 32.2. The van der Waals surface area contributed by atoms with Gasteiger partial charge >= 0.3 is 0 Å². The fraction of sp³-hybridized carbons (Fsp3) is 0.706. The van der Waals surface area contributed by atoms with Crippen LogP contribution in [0.25, 0.3) is 0 Å². The smallest absolute Gasteiger partial charge is 0.287 e. The normalized spacial score (nSPS) is 21.4. The first-order chi connectivity index (χ1) is 12.3. The summed E-state index contributed by atoms with van der Waals surface area (Å²) in [5.74, 6) is -0.00473. The third-order valence-electron chi connectivity index (χ3n) is 4.77. The second kappa shape index (κ2) is 7.38. The van der Waals surface area contributed by atoms with Crippen LogP contribution in [0.3, 0.4) is 0 Å². The summed E-state index contributed by atoms with van der Waals surface area (Å²) >= 11 is 0. The van der Waals surface area contributed by atoms with Crippen molar-refractivity contribution >= 4 is 21.7 Å². The molecule has 1 aromatic heterocycles. The average Bonchev–Trinajstić information content (AvgIpc) is 3.12. The Morgan fingerprint density at radius 1 is 1.27 bits per heavy atom. The second-order valence-corrected chi connectivity index (χ2v) is 9.75. The van der Waals surface area contributed by atoms with Gasteiger partial charge in [-0.3, -0.25) is 9.59 Å². The molecule has 9 heteroatoms. The molecule has 144 valence electrons. The van der Waals surface area contributed by atoms with Crippen LogP contribution in [-0.2, 0) is 22.8 Å². The van der Waals surface area contributed by atoms with Gasteiger partial charge in [-0.05, 0) is 31.6 Å². The molecule has 0 radical (unpaired) electrons. The Hall–Kier alpha value is -1.90. The fourth-order valence-corrected chi connectivity index (χ4v) is 5.11. The third-order valence-corrected chi connectivity index (χ3v) is 6.54. The van der Waals surface area contributed by atoms with E-state index in [0.29, 0.717) is 31.8 Å². The highest BCUT2D eigenvalue weighted by Gasteiger charge is 2.32. The van der Waals surface area contributed by atoms with Crippen molar-refractivity contribution in [2.45, 2.75) is 52.1 Å². The maximum Gasteiger partial charge on any atom is 0.287 e. The zero-order valence-electron chi connectivity index (χ0n) is 15.2. The molecule has 2 amide bonds. The molecule has 3 heterocycles. The quantitative estimate of drug-likeness (QED) is 0.771. The van der Waals surface area contributed by atoms with Gasteiger partial charge in [0.05, 0.1) is 17.2 Å². The monoisotopic (exact) mass is 382 g/mol. The van der Waals surface area contributed by atoms with Gasteiger partial charge in [-0.25, -0.2) is 13.4 Å². The van der Waals surface area contributed by atoms with Crippen LogP contribution in [-0.4, -0.2) is 53.9 Å². The van der Waals surface area contributed by atoms with Gasteiger partial charge in [0, 0.05) is 19.1 Å². The number of sulfone groups is 1. The number of carbonyl (C=O) groups is 2. The van der Waals surface area contributed by atoms with Gasteiger partial charge < -0.3 is 15.2 Å². The lowest BCUT2D eigenvalue weighted by atomic mass is 10.1. The van der Waals surface area contributed by atoms with E-state index in [2.05, 4.69) is 15.6 Å². The van der Waals surface area contributed by atoms with E-state index in [1.807, 2.05) is 18.4 Å². The van der Waals surface area contributed by atoms with Crippen molar-refractivity contribution in [2.24, 2.45) is 5.92 Å². The molecule has 1 aromatic rings. The molecular weight excluding hydrogens is 356 g/mol. The first kappa shape index (κ1) is 18.9. The van der Waals surface area contributed by atoms with Gasteiger partial charge in [0.2, 0.25) is 0 Å². The van der Waals surface area contributed by atoms with Crippen molar-refractivity contribution in [3.8, 4) is 0 Å². The molecule has 8 nitrogen and oxygen atoms in total. The van der Waals surface area contributed by atoms with E-state index < -0.39 is 9.84 Å². The van der Waals surface area contributed by atoms with E-state index in [1.165, 1.54) is 0 Å². The Kier molecular flexibility index (Phi) is 5.36. The molecule has 2 aliphatic rings. The van der Waals surface area contributed by atoms with Crippen molar-refractivity contribution in [1.82, 2.24) is 20.2 Å². The zero-order chi connectivity index (χ0) is 18.9. The summed E-state index contributed by atoms with van der Waals surface area (Å²) < 4.78 is 25.0. The lowest BCUT2D eigenvalue weighted by molar-refractivity contribution is 0.0932. The van der Waals surface area contributed by atoms with Gasteiger partial charge in [-0.2, -0.15) is 0 Å². The molecule has 26 heavy (non-hydrogen) atoms. The van der Waals surface area contributed by atoms with E-state index >= 15 is 0 Å². The minimum Gasteiger partial charge on any atom is -0.349 e. The first-order valence-corrected chi connectivity index (χ1v) is 11.0. The lowest BCUT2D eigenvalue weighted by Crippen LogP contribution is -2.36. The molecule has 0 saturated carbocycles. The second-order valence-electron chi connectivity index (χ2n) is 7.52. The SMILES string of the molecule is CC(C)CNC(=O)c1nc(C(=O)NC2CCS(=O)(=O)C2)c2n1CCCC2. The molecule has 1 unspecified atom stereocenters. The summed E-state index contributed by atoms with van der Waals surface area (Å²) in [5.41, 5.74) is 1.02. The summed E-state index contributed by atoms with van der Waals surface area (Å²) in [6.45, 7) is 5.23. The largest absolute Gasteiger partial charge is 0.349 e. The Morgan fingerprint density at radius 3 is 2.69 bits per heavy atom. The maximum atomic E-state index is 12.7. The molecule has 2 N–H and O–H groups in total. The minimum absolute atomic E-state index is 0.0312. The van der Waals surface area contributed by atoms with Crippen LogP contribution in [0.15, 0.2) is 0 Å². The molecule has 0 aromatic carbocycles. The number of nitrogens with zero attached hydrogens (tertiary/aromatic N) is 2. The van der Waals surface area contributed by atoms with Gasteiger partial charge in [-0.15, -0.1) is 0 Å². The molecule has 0 bridgehead atoms. The van der Waals surface area contributed by atoms with E-state index in [1.54, 1.807) is 0 Å². The summed E-state index contributed by atoms with van der Waals surface area (Å²) in [6, 6.07) is -0.383. The molecule has 0 spiro atoms. The fourth-order valence-electron chi connectivity index (χ4n) is 3.44. The predicted octanol–water partition coefficient (Wildman–Crippen LogP) is 0.522. The Labute approximate surface area is 153 Å². The number of hydrogen-bond acceptors (Lipinski definition) is 5. The number of imidazole rings is 1. The van der Waals surface area contributed by atoms with E-state index in [4.69, 9.17) is 0 Å². The van der Waals surface area contributed by atoms with Crippen LogP contribution in [0.5, 0.6) is 0 Å². The molecule has 1 saturated heterocycles. The number of rotatable bonds is 5. The van der Waals surface area contributed by atoms with Crippen LogP contribution in [0.2, 0.25) is 0 Å². The van der Waals surface area contributed by atoms with E-state index in [0.717, 1.165) is 18.5 Å². The number of fused-ring (bicyclic) bond motifs is 1. The number of nitrogens with one attached hydrogen (secondary N) is 2. The highest BCUT2D eigenvalue weighted by Crippen LogP contribution is 2.22. The lowest BCUT2D eigenvalue weighted by Gasteiger charge is -2.17. The average molecular weight is 382 g/mol. The summed E-state index contributed by atoms with van der Waals surface area (Å²) in [6.07, 6.45) is 2.99. The van der Waals surface area contributed by atoms with Crippen molar-refractivity contribution in [3.05, 3.63) is 17.2 Å². The molecule has 1 atom stereocenters. The molecule has 3 rings (SSSR count). The minimum atomic E-state index is -3.07. The van der Waals surface area contributed by atoms with Crippen LogP contribution < -0.4 is 10.6 Å². The van der Waals surface area contributed by atoms with Gasteiger partial charge in [0.15, 0.2) is 15.7 Å². The Morgan fingerprint density at radius 2 is 2.04 bits per heavy atom. The van der Waals surface area contributed by atoms with Crippen LogP contribution >= 0.6 is 0 Å². The molecule has 2 aliphatic heterocycles. The molecule has 0 aliphatic carbocycles. The Bertz CT molecular complexity index is 813. The number of carbonyl (C=O) groups excluding carboxylic acids is 2. The maximum absolute atomic E-state index is 12.7. The van der Waals surface area contributed by atoms with Crippen LogP contribution in [0, 0.1) is 5.92 Å². The number of aromatic nitrogens is 2. The third kappa shape index (κ3) is 4.08. The number of amides is 2. The molecule has 1 fully saturated rings. The summed E-state index contributed by atoms with van der Waals surface area (Å²) in [5, 5.41) is 5.63. The predicted molar refractivity (Wildman–Crippen MR) is 96.9 cm³/mol. The van der Waals surface area contributed by atoms with Crippen molar-refractivity contribution in [3.63, 3.8) is 0 Å². The zero-order valence-corrected chi connectivity index (χ0v) is 16.1. The molecular formula is C17H26N4O4S. The van der Waals surface area contributed by atoms with Gasteiger partial charge in [0.25, 0.3) is 11.8 Å². The van der Waals surface area contributed by atoms with E-state index in [-0.39, 0.29) is 40.9 Å². The summed E-state index contributed by atoms with van der Waals surface area (Å²) in [4.78, 5) is 29.5. The summed E-state index contributed by atoms with van der Waals surface area (Å²) in [7, 11) is -3.07. The van der Waals surface area contributed by atoms with Crippen molar-refractivity contribution < 1.29 is 18.0 Å². The van der Waals surface area contributed by atoms with Gasteiger partial charge in [0.1, 0.15) is 5.69 Å². The van der Waals surface area contributed by atoms with Crippen LogP contribution in [0.1, 0.15) is 59.9 Å². The first-order valence-electron chi connectivity index (χ1n) is 9.15. The highest BCUT2D eigenvalue weighted by molar-refractivity contribution is 7.91. The standard InChI is InChI=1S/C17H26N4O4S/c1-11(2)9-18-17(23)15-20-14(13-5-3-4-7-21(13)15)16(22)19-12-6-8-26(24,25)10-12/h11-12H,3-10H2,1-2H3,(H,18,23)(H,19,22). The van der Waals surface area contributed by atoms with E-state index in [9.17, 15) is 18.0 Å². The van der Waals surface area contributed by atoms with Crippen LogP contribution in [0.4, 0.5) is 0 Å². The van der Waals surface area contributed by atoms with Crippen molar-refractivity contribution in [2.75, 3.05) is 18.1 Å². The number of hydrogen-bond donors (Lipinski definition) is 2.